The van der Waals surface area contributed by atoms with Crippen molar-refractivity contribution >= 4 is 5.71 Å². The van der Waals surface area contributed by atoms with Gasteiger partial charge >= 0.3 is 0 Å². The molecule has 80 valence electrons. The summed E-state index contributed by atoms with van der Waals surface area (Å²) in [5.74, 6) is 0. The molecule has 0 saturated heterocycles. The van der Waals surface area contributed by atoms with Crippen LogP contribution in [0.3, 0.4) is 0 Å². The van der Waals surface area contributed by atoms with Crippen LogP contribution < -0.4 is 0 Å². The molecule has 15 heavy (non-hydrogen) atoms. The van der Waals surface area contributed by atoms with Gasteiger partial charge in [-0.05, 0) is 0 Å². The predicted molar refractivity (Wildman–Crippen MR) is 62.2 cm³/mol. The maximum absolute atomic E-state index is 5.38. The summed E-state index contributed by atoms with van der Waals surface area (Å²) in [5.41, 5.74) is 3.63. The number of methoxy groups -OCH3 is 1. The van der Waals surface area contributed by atoms with E-state index >= 15 is 0 Å². The molecule has 0 bridgehead atoms. The van der Waals surface area contributed by atoms with Crippen LogP contribution in [0.5, 0.6) is 0 Å². The van der Waals surface area contributed by atoms with Crippen molar-refractivity contribution in [3.63, 3.8) is 0 Å². The Bertz CT molecular complexity index is 401. The Hall–Kier alpha value is -1.15. The fraction of sp³-hybridized carbons (Fsp3) is 0.462. The van der Waals surface area contributed by atoms with Crippen LogP contribution in [0.1, 0.15) is 38.1 Å². The molecular formula is C13H17NO. The SMILES string of the molecule is COC1N=C(C(C)(C)C)c2ccccc21. The third-order valence-corrected chi connectivity index (χ3v) is 2.66. The summed E-state index contributed by atoms with van der Waals surface area (Å²) in [5, 5.41) is 0. The van der Waals surface area contributed by atoms with Gasteiger partial charge in [0.2, 0.25) is 0 Å². The highest BCUT2D eigenvalue weighted by Crippen LogP contribution is 2.36. The Labute approximate surface area is 91.0 Å². The maximum atomic E-state index is 5.38. The summed E-state index contributed by atoms with van der Waals surface area (Å²) in [6.45, 7) is 6.54. The third kappa shape index (κ3) is 1.70. The zero-order chi connectivity index (χ0) is 11.1. The van der Waals surface area contributed by atoms with Gasteiger partial charge in [-0.2, -0.15) is 0 Å². The van der Waals surface area contributed by atoms with Gasteiger partial charge in [0.1, 0.15) is 0 Å². The maximum Gasteiger partial charge on any atom is 0.174 e. The first-order valence-corrected chi connectivity index (χ1v) is 5.24. The number of rotatable bonds is 1. The fourth-order valence-corrected chi connectivity index (χ4v) is 1.96. The molecule has 0 N–H and O–H groups in total. The van der Waals surface area contributed by atoms with Gasteiger partial charge in [-0.1, -0.05) is 45.0 Å². The molecule has 1 aliphatic heterocycles. The summed E-state index contributed by atoms with van der Waals surface area (Å²) >= 11 is 0. The van der Waals surface area contributed by atoms with E-state index in [1.165, 1.54) is 11.1 Å². The van der Waals surface area contributed by atoms with Crippen LogP contribution in [-0.2, 0) is 4.74 Å². The van der Waals surface area contributed by atoms with Gasteiger partial charge < -0.3 is 4.74 Å². The zero-order valence-electron chi connectivity index (χ0n) is 9.74. The van der Waals surface area contributed by atoms with Gasteiger partial charge in [-0.3, -0.25) is 4.99 Å². The molecule has 0 radical (unpaired) electrons. The smallest absolute Gasteiger partial charge is 0.174 e. The highest BCUT2D eigenvalue weighted by Gasteiger charge is 2.31. The number of benzene rings is 1. The van der Waals surface area contributed by atoms with Crippen molar-refractivity contribution in [2.75, 3.05) is 7.11 Å². The number of nitrogens with zero attached hydrogens (tertiary/aromatic N) is 1. The molecule has 0 amide bonds. The Morgan fingerprint density at radius 3 is 2.47 bits per heavy atom. The van der Waals surface area contributed by atoms with Crippen LogP contribution in [0.2, 0.25) is 0 Å². The predicted octanol–water partition coefficient (Wildman–Crippen LogP) is 3.18. The van der Waals surface area contributed by atoms with Gasteiger partial charge in [0.05, 0.1) is 5.71 Å². The van der Waals surface area contributed by atoms with Gasteiger partial charge in [0.25, 0.3) is 0 Å². The monoisotopic (exact) mass is 203 g/mol. The first-order chi connectivity index (χ1) is 7.04. The third-order valence-electron chi connectivity index (χ3n) is 2.66. The van der Waals surface area contributed by atoms with E-state index in [1.807, 2.05) is 6.07 Å². The number of aliphatic imine (C=N–C) groups is 1. The summed E-state index contributed by atoms with van der Waals surface area (Å²) in [6, 6.07) is 8.30. The van der Waals surface area contributed by atoms with Crippen molar-refractivity contribution < 1.29 is 4.74 Å². The molecule has 0 fully saturated rings. The standard InChI is InChI=1S/C13H17NO/c1-13(2,3)11-9-7-5-6-8-10(9)12(14-11)15-4/h5-8,12H,1-4H3. The van der Waals surface area contributed by atoms with Gasteiger partial charge in [0, 0.05) is 23.7 Å². The second kappa shape index (κ2) is 3.46. The number of ether oxygens (including phenoxy) is 1. The Morgan fingerprint density at radius 1 is 1.20 bits per heavy atom. The summed E-state index contributed by atoms with van der Waals surface area (Å²) in [6.07, 6.45) is -0.115. The molecule has 1 atom stereocenters. The van der Waals surface area contributed by atoms with E-state index in [0.29, 0.717) is 0 Å². The van der Waals surface area contributed by atoms with Gasteiger partial charge in [-0.15, -0.1) is 0 Å². The van der Waals surface area contributed by atoms with Gasteiger partial charge in [0.15, 0.2) is 6.23 Å². The van der Waals surface area contributed by atoms with Crippen molar-refractivity contribution in [2.24, 2.45) is 10.4 Å². The molecule has 0 aromatic heterocycles. The first-order valence-electron chi connectivity index (χ1n) is 5.24. The van der Waals surface area contributed by atoms with Crippen molar-refractivity contribution in [1.29, 1.82) is 0 Å². The topological polar surface area (TPSA) is 21.6 Å². The molecule has 1 aromatic rings. The lowest BCUT2D eigenvalue weighted by molar-refractivity contribution is 0.114. The Balaban J connectivity index is 2.52. The normalized spacial score (nSPS) is 20.0. The summed E-state index contributed by atoms with van der Waals surface area (Å²) in [4.78, 5) is 4.64. The molecule has 0 aliphatic carbocycles. The molecule has 1 unspecified atom stereocenters. The molecule has 0 spiro atoms. The Kier molecular flexibility index (Phi) is 2.39. The molecular weight excluding hydrogens is 186 g/mol. The molecule has 2 nitrogen and oxygen atoms in total. The molecule has 1 aliphatic rings. The first kappa shape index (κ1) is 10.4. The van der Waals surface area contributed by atoms with Crippen molar-refractivity contribution in [3.8, 4) is 0 Å². The highest BCUT2D eigenvalue weighted by atomic mass is 16.5. The van der Waals surface area contributed by atoms with E-state index in [4.69, 9.17) is 4.74 Å². The minimum absolute atomic E-state index is 0.0728. The minimum atomic E-state index is -0.115. The average molecular weight is 203 g/mol. The van der Waals surface area contributed by atoms with Crippen LogP contribution in [0.25, 0.3) is 0 Å². The fourth-order valence-electron chi connectivity index (χ4n) is 1.96. The number of fused-ring (bicyclic) bond motifs is 1. The lowest BCUT2D eigenvalue weighted by Crippen LogP contribution is -2.19. The van der Waals surface area contributed by atoms with E-state index in [1.54, 1.807) is 7.11 Å². The lowest BCUT2D eigenvalue weighted by atomic mass is 9.85. The van der Waals surface area contributed by atoms with Crippen LogP contribution in [-0.4, -0.2) is 12.8 Å². The van der Waals surface area contributed by atoms with Crippen LogP contribution in [0.15, 0.2) is 29.3 Å². The van der Waals surface area contributed by atoms with E-state index in [-0.39, 0.29) is 11.6 Å². The van der Waals surface area contributed by atoms with Gasteiger partial charge in [-0.25, -0.2) is 0 Å². The van der Waals surface area contributed by atoms with E-state index in [0.717, 1.165) is 5.71 Å². The minimum Gasteiger partial charge on any atom is -0.355 e. The van der Waals surface area contributed by atoms with Crippen molar-refractivity contribution in [1.82, 2.24) is 0 Å². The van der Waals surface area contributed by atoms with E-state index < -0.39 is 0 Å². The summed E-state index contributed by atoms with van der Waals surface area (Å²) < 4.78 is 5.38. The van der Waals surface area contributed by atoms with Crippen molar-refractivity contribution in [2.45, 2.75) is 27.0 Å². The number of hydrogen-bond donors (Lipinski definition) is 0. The van der Waals surface area contributed by atoms with Crippen LogP contribution in [0.4, 0.5) is 0 Å². The molecule has 1 heterocycles. The molecule has 0 saturated carbocycles. The Morgan fingerprint density at radius 2 is 1.87 bits per heavy atom. The second-order valence-electron chi connectivity index (χ2n) is 4.90. The second-order valence-corrected chi connectivity index (χ2v) is 4.90. The molecule has 2 heteroatoms. The van der Waals surface area contributed by atoms with Crippen LogP contribution >= 0.6 is 0 Å². The van der Waals surface area contributed by atoms with Crippen LogP contribution in [0, 0.1) is 5.41 Å². The summed E-state index contributed by atoms with van der Waals surface area (Å²) in [7, 11) is 1.70. The van der Waals surface area contributed by atoms with Crippen molar-refractivity contribution in [3.05, 3.63) is 35.4 Å². The highest BCUT2D eigenvalue weighted by molar-refractivity contribution is 6.07. The zero-order valence-corrected chi connectivity index (χ0v) is 9.74. The largest absolute Gasteiger partial charge is 0.355 e. The number of hydrogen-bond acceptors (Lipinski definition) is 2. The average Bonchev–Trinajstić information content (AvgIpc) is 2.55. The molecule has 2 rings (SSSR count). The quantitative estimate of drug-likeness (QED) is 0.687. The lowest BCUT2D eigenvalue weighted by Gasteiger charge is -2.19. The molecule has 1 aromatic carbocycles. The van der Waals surface area contributed by atoms with E-state index in [9.17, 15) is 0 Å². The van der Waals surface area contributed by atoms with E-state index in [2.05, 4.69) is 44.0 Å².